The molecule has 2 fully saturated rings. The van der Waals surface area contributed by atoms with E-state index in [0.29, 0.717) is 28.6 Å². The Morgan fingerprint density at radius 2 is 1.97 bits per heavy atom. The zero-order chi connectivity index (χ0) is 24.1. The molecule has 0 aliphatic carbocycles. The molecule has 0 saturated carbocycles. The Labute approximate surface area is 190 Å². The van der Waals surface area contributed by atoms with Gasteiger partial charge in [-0.25, -0.2) is 13.6 Å². The number of benzene rings is 1. The molecule has 0 radical (unpaired) electrons. The normalized spacial score (nSPS) is 23.5. The molecular weight excluding hydrogens is 434 g/mol. The first kappa shape index (κ1) is 23.1. The van der Waals surface area contributed by atoms with E-state index in [1.54, 1.807) is 50.7 Å². The average molecular weight is 462 g/mol. The number of nitrogens with zero attached hydrogens (tertiary/aromatic N) is 3. The number of amides is 3. The van der Waals surface area contributed by atoms with E-state index in [1.165, 1.54) is 0 Å². The summed E-state index contributed by atoms with van der Waals surface area (Å²) >= 11 is 0. The maximum absolute atomic E-state index is 15.1. The molecule has 3 amide bonds. The number of carbonyl (C=O) groups excluding carboxylic acids is 3. The van der Waals surface area contributed by atoms with Gasteiger partial charge in [0.25, 0.3) is 5.92 Å². The van der Waals surface area contributed by atoms with Crippen LogP contribution in [0.5, 0.6) is 0 Å². The number of piperidine rings is 2. The molecule has 2 saturated heterocycles. The standard InChI is InChI=1S/C23H28F2N4O4/c1-22(2,3)33-21(32)29-10-9-16(23(24,25)12-29)13-5-6-14-17(11-13)28(4)27-19(14)15-7-8-18(30)26-20(15)31/h5-6,11,15-16H,7-10,12H2,1-4H3,(H,26,30,31). The highest BCUT2D eigenvalue weighted by atomic mass is 19.3. The van der Waals surface area contributed by atoms with E-state index in [0.717, 1.165) is 4.90 Å². The van der Waals surface area contributed by atoms with E-state index in [2.05, 4.69) is 10.4 Å². The molecule has 178 valence electrons. The van der Waals surface area contributed by atoms with Gasteiger partial charge in [0, 0.05) is 25.4 Å². The zero-order valence-electron chi connectivity index (χ0n) is 19.2. The summed E-state index contributed by atoms with van der Waals surface area (Å²) in [5.74, 6) is -5.45. The Kier molecular flexibility index (Phi) is 5.66. The molecular formula is C23H28F2N4O4. The first-order chi connectivity index (χ1) is 15.4. The number of fused-ring (bicyclic) bond motifs is 1. The number of hydrogen-bond acceptors (Lipinski definition) is 5. The average Bonchev–Trinajstić information content (AvgIpc) is 3.01. The van der Waals surface area contributed by atoms with Gasteiger partial charge < -0.3 is 9.64 Å². The molecule has 2 unspecified atom stereocenters. The van der Waals surface area contributed by atoms with Crippen LogP contribution in [-0.4, -0.2) is 57.2 Å². The Balaban J connectivity index is 1.58. The van der Waals surface area contributed by atoms with E-state index in [4.69, 9.17) is 4.74 Å². The van der Waals surface area contributed by atoms with Crippen LogP contribution in [0.3, 0.4) is 0 Å². The van der Waals surface area contributed by atoms with Gasteiger partial charge in [-0.15, -0.1) is 0 Å². The summed E-state index contributed by atoms with van der Waals surface area (Å²) in [6.45, 7) is 4.55. The third-order valence-corrected chi connectivity index (χ3v) is 6.13. The third-order valence-electron chi connectivity index (χ3n) is 6.13. The highest BCUT2D eigenvalue weighted by molar-refractivity contribution is 6.02. The number of hydrogen-bond donors (Lipinski definition) is 1. The van der Waals surface area contributed by atoms with Gasteiger partial charge in [-0.2, -0.15) is 5.10 Å². The summed E-state index contributed by atoms with van der Waals surface area (Å²) in [6.07, 6.45) is -0.0544. The van der Waals surface area contributed by atoms with Gasteiger partial charge in [0.1, 0.15) is 5.60 Å². The quantitative estimate of drug-likeness (QED) is 0.690. The molecule has 33 heavy (non-hydrogen) atoms. The number of imide groups is 1. The number of aryl methyl sites for hydroxylation is 1. The SMILES string of the molecule is Cn1nc(C2CCC(=O)NC2=O)c2ccc(C3CCN(C(=O)OC(C)(C)C)CC3(F)F)cc21. The van der Waals surface area contributed by atoms with Crippen LogP contribution in [0.2, 0.25) is 0 Å². The zero-order valence-corrected chi connectivity index (χ0v) is 19.2. The van der Waals surface area contributed by atoms with Crippen molar-refractivity contribution < 1.29 is 27.9 Å². The maximum atomic E-state index is 15.1. The molecule has 3 heterocycles. The molecule has 10 heteroatoms. The third kappa shape index (κ3) is 4.56. The number of likely N-dealkylation sites (tertiary alicyclic amines) is 1. The lowest BCUT2D eigenvalue weighted by Crippen LogP contribution is -2.50. The summed E-state index contributed by atoms with van der Waals surface area (Å²) in [5, 5.41) is 7.50. The fourth-order valence-electron chi connectivity index (χ4n) is 4.56. The summed E-state index contributed by atoms with van der Waals surface area (Å²) < 4.78 is 37.1. The Hall–Kier alpha value is -3.04. The van der Waals surface area contributed by atoms with Crippen molar-refractivity contribution >= 4 is 28.8 Å². The van der Waals surface area contributed by atoms with Crippen molar-refractivity contribution in [3.05, 3.63) is 29.5 Å². The van der Waals surface area contributed by atoms with Crippen molar-refractivity contribution in [3.63, 3.8) is 0 Å². The van der Waals surface area contributed by atoms with Crippen molar-refractivity contribution in [2.45, 2.75) is 63.4 Å². The molecule has 0 bridgehead atoms. The van der Waals surface area contributed by atoms with Gasteiger partial charge in [-0.1, -0.05) is 12.1 Å². The minimum Gasteiger partial charge on any atom is -0.444 e. The van der Waals surface area contributed by atoms with E-state index in [9.17, 15) is 14.4 Å². The lowest BCUT2D eigenvalue weighted by molar-refractivity contribution is -0.134. The van der Waals surface area contributed by atoms with Crippen molar-refractivity contribution in [1.82, 2.24) is 20.0 Å². The van der Waals surface area contributed by atoms with Crippen LogP contribution in [0, 0.1) is 0 Å². The predicted molar refractivity (Wildman–Crippen MR) is 116 cm³/mol. The van der Waals surface area contributed by atoms with E-state index in [1.807, 2.05) is 0 Å². The van der Waals surface area contributed by atoms with Gasteiger partial charge in [-0.3, -0.25) is 19.6 Å². The predicted octanol–water partition coefficient (Wildman–Crippen LogP) is 3.45. The topological polar surface area (TPSA) is 93.5 Å². The van der Waals surface area contributed by atoms with Crippen LogP contribution in [0.25, 0.3) is 10.9 Å². The van der Waals surface area contributed by atoms with Crippen LogP contribution in [0.15, 0.2) is 18.2 Å². The molecule has 2 atom stereocenters. The van der Waals surface area contributed by atoms with Gasteiger partial charge in [0.05, 0.1) is 29.6 Å². The Morgan fingerprint density at radius 1 is 1.24 bits per heavy atom. The Bertz CT molecular complexity index is 1120. The number of halogens is 2. The molecule has 1 N–H and O–H groups in total. The largest absolute Gasteiger partial charge is 0.444 e. The maximum Gasteiger partial charge on any atom is 0.410 e. The molecule has 0 spiro atoms. The van der Waals surface area contributed by atoms with E-state index >= 15 is 8.78 Å². The lowest BCUT2D eigenvalue weighted by atomic mass is 9.85. The molecule has 8 nitrogen and oxygen atoms in total. The fraction of sp³-hybridized carbons (Fsp3) is 0.565. The van der Waals surface area contributed by atoms with Crippen molar-refractivity contribution in [2.75, 3.05) is 13.1 Å². The molecule has 1 aromatic heterocycles. The minimum absolute atomic E-state index is 0.0929. The van der Waals surface area contributed by atoms with Crippen LogP contribution in [-0.2, 0) is 21.4 Å². The number of nitrogens with one attached hydrogen (secondary N) is 1. The van der Waals surface area contributed by atoms with Crippen molar-refractivity contribution in [1.29, 1.82) is 0 Å². The van der Waals surface area contributed by atoms with Crippen LogP contribution in [0.1, 0.15) is 63.1 Å². The number of alkyl halides is 2. The second kappa shape index (κ2) is 8.07. The molecule has 1 aromatic carbocycles. The summed E-state index contributed by atoms with van der Waals surface area (Å²) in [4.78, 5) is 37.1. The fourth-order valence-corrected chi connectivity index (χ4v) is 4.56. The number of rotatable bonds is 2. The Morgan fingerprint density at radius 3 is 2.61 bits per heavy atom. The molecule has 2 aromatic rings. The highest BCUT2D eigenvalue weighted by Crippen LogP contribution is 2.42. The first-order valence-electron chi connectivity index (χ1n) is 11.0. The van der Waals surface area contributed by atoms with Crippen LogP contribution >= 0.6 is 0 Å². The summed E-state index contributed by atoms with van der Waals surface area (Å²) in [5.41, 5.74) is 0.871. The van der Waals surface area contributed by atoms with Crippen LogP contribution < -0.4 is 5.32 Å². The van der Waals surface area contributed by atoms with Gasteiger partial charge >= 0.3 is 6.09 Å². The number of aromatic nitrogens is 2. The first-order valence-corrected chi connectivity index (χ1v) is 11.0. The lowest BCUT2D eigenvalue weighted by Gasteiger charge is -2.39. The minimum atomic E-state index is -3.13. The highest BCUT2D eigenvalue weighted by Gasteiger charge is 2.47. The van der Waals surface area contributed by atoms with Crippen molar-refractivity contribution in [3.8, 4) is 0 Å². The summed E-state index contributed by atoms with van der Waals surface area (Å²) in [6, 6.07) is 5.04. The van der Waals surface area contributed by atoms with Gasteiger partial charge in [0.2, 0.25) is 11.8 Å². The van der Waals surface area contributed by atoms with E-state index in [-0.39, 0.29) is 25.3 Å². The van der Waals surface area contributed by atoms with Crippen molar-refractivity contribution in [2.24, 2.45) is 7.05 Å². The number of ether oxygens (including phenoxy) is 1. The van der Waals surface area contributed by atoms with Gasteiger partial charge in [-0.05, 0) is 45.2 Å². The second-order valence-corrected chi connectivity index (χ2v) is 9.79. The second-order valence-electron chi connectivity index (χ2n) is 9.79. The monoisotopic (exact) mass is 462 g/mol. The summed E-state index contributed by atoms with van der Waals surface area (Å²) in [7, 11) is 1.70. The van der Waals surface area contributed by atoms with Gasteiger partial charge in [0.15, 0.2) is 0 Å². The van der Waals surface area contributed by atoms with Crippen LogP contribution in [0.4, 0.5) is 13.6 Å². The molecule has 2 aliphatic heterocycles. The van der Waals surface area contributed by atoms with E-state index < -0.39 is 41.9 Å². The smallest absolute Gasteiger partial charge is 0.410 e. The number of carbonyl (C=O) groups is 3. The molecule has 2 aliphatic rings. The molecule has 4 rings (SSSR count).